The Labute approximate surface area is 138 Å². The predicted octanol–water partition coefficient (Wildman–Crippen LogP) is 4.05. The average molecular weight is 326 g/mol. The molecule has 2 aromatic carbocycles. The zero-order valence-corrected chi connectivity index (χ0v) is 13.2. The van der Waals surface area contributed by atoms with Crippen LogP contribution < -0.4 is 10.1 Å². The molecule has 6 heteroatoms. The Morgan fingerprint density at radius 2 is 1.96 bits per heavy atom. The number of aryl methyl sites for hydroxylation is 1. The van der Waals surface area contributed by atoms with Crippen LogP contribution in [0.1, 0.15) is 16.1 Å². The standard InChI is InChI=1S/C18H15FN2O3/c1-11-16(17(21-24-11)12-6-8-13(19)9-7-12)18(22)20-14-4-3-5-15(10-14)23-2/h3-10H,1-2H3,(H,20,22). The molecule has 0 atom stereocenters. The lowest BCUT2D eigenvalue weighted by Crippen LogP contribution is -2.13. The van der Waals surface area contributed by atoms with E-state index in [9.17, 15) is 9.18 Å². The molecule has 0 aliphatic heterocycles. The Kier molecular flexibility index (Phi) is 4.29. The van der Waals surface area contributed by atoms with Gasteiger partial charge in [-0.05, 0) is 43.3 Å². The third-order valence-corrected chi connectivity index (χ3v) is 3.54. The van der Waals surface area contributed by atoms with Gasteiger partial charge in [0.15, 0.2) is 0 Å². The highest BCUT2D eigenvalue weighted by Crippen LogP contribution is 2.27. The number of methoxy groups -OCH3 is 1. The number of nitrogens with one attached hydrogen (secondary N) is 1. The van der Waals surface area contributed by atoms with E-state index in [0.29, 0.717) is 34.0 Å². The first-order valence-corrected chi connectivity index (χ1v) is 7.26. The Hall–Kier alpha value is -3.15. The number of aromatic nitrogens is 1. The maximum atomic E-state index is 13.1. The third-order valence-electron chi connectivity index (χ3n) is 3.54. The topological polar surface area (TPSA) is 64.4 Å². The van der Waals surface area contributed by atoms with Crippen molar-refractivity contribution < 1.29 is 18.4 Å². The van der Waals surface area contributed by atoms with Crippen molar-refractivity contribution >= 4 is 11.6 Å². The second-order valence-corrected chi connectivity index (χ2v) is 5.16. The summed E-state index contributed by atoms with van der Waals surface area (Å²) < 4.78 is 23.4. The summed E-state index contributed by atoms with van der Waals surface area (Å²) in [6, 6.07) is 12.7. The highest BCUT2D eigenvalue weighted by atomic mass is 19.1. The molecule has 0 unspecified atom stereocenters. The zero-order valence-electron chi connectivity index (χ0n) is 13.2. The van der Waals surface area contributed by atoms with Crippen molar-refractivity contribution in [1.82, 2.24) is 5.16 Å². The van der Waals surface area contributed by atoms with Crippen molar-refractivity contribution in [3.8, 4) is 17.0 Å². The van der Waals surface area contributed by atoms with Gasteiger partial charge >= 0.3 is 0 Å². The van der Waals surface area contributed by atoms with Crippen LogP contribution >= 0.6 is 0 Å². The number of amides is 1. The normalized spacial score (nSPS) is 10.5. The summed E-state index contributed by atoms with van der Waals surface area (Å²) in [6.45, 7) is 1.65. The van der Waals surface area contributed by atoms with Crippen LogP contribution in [0, 0.1) is 12.7 Å². The van der Waals surface area contributed by atoms with Gasteiger partial charge in [-0.3, -0.25) is 4.79 Å². The number of benzene rings is 2. The van der Waals surface area contributed by atoms with Gasteiger partial charge in [-0.15, -0.1) is 0 Å². The van der Waals surface area contributed by atoms with E-state index in [1.807, 2.05) is 0 Å². The monoisotopic (exact) mass is 326 g/mol. The fraction of sp³-hybridized carbons (Fsp3) is 0.111. The van der Waals surface area contributed by atoms with Gasteiger partial charge in [0.2, 0.25) is 0 Å². The number of rotatable bonds is 4. The quantitative estimate of drug-likeness (QED) is 0.785. The molecule has 1 N–H and O–H groups in total. The molecule has 1 aromatic heterocycles. The van der Waals surface area contributed by atoms with Crippen LogP contribution in [-0.4, -0.2) is 18.2 Å². The number of carbonyl (C=O) groups excluding carboxylic acids is 1. The molecule has 0 saturated carbocycles. The SMILES string of the molecule is COc1cccc(NC(=O)c2c(-c3ccc(F)cc3)noc2C)c1. The lowest BCUT2D eigenvalue weighted by Gasteiger charge is -2.07. The van der Waals surface area contributed by atoms with Gasteiger partial charge in [-0.2, -0.15) is 0 Å². The van der Waals surface area contributed by atoms with Crippen LogP contribution in [0.2, 0.25) is 0 Å². The second kappa shape index (κ2) is 6.54. The largest absolute Gasteiger partial charge is 0.497 e. The first kappa shape index (κ1) is 15.7. The van der Waals surface area contributed by atoms with Crippen LogP contribution in [0.5, 0.6) is 5.75 Å². The fourth-order valence-corrected chi connectivity index (χ4v) is 2.34. The minimum atomic E-state index is -0.360. The summed E-state index contributed by atoms with van der Waals surface area (Å²) in [5.41, 5.74) is 1.87. The third kappa shape index (κ3) is 3.12. The van der Waals surface area contributed by atoms with E-state index in [2.05, 4.69) is 10.5 Å². The summed E-state index contributed by atoms with van der Waals surface area (Å²) >= 11 is 0. The molecule has 122 valence electrons. The summed E-state index contributed by atoms with van der Waals surface area (Å²) in [7, 11) is 1.55. The molecule has 0 spiro atoms. The number of halogens is 1. The molecular weight excluding hydrogens is 311 g/mol. The van der Waals surface area contributed by atoms with Crippen molar-refractivity contribution in [2.45, 2.75) is 6.92 Å². The number of hydrogen-bond donors (Lipinski definition) is 1. The number of hydrogen-bond acceptors (Lipinski definition) is 4. The van der Waals surface area contributed by atoms with Gasteiger partial charge in [0.05, 0.1) is 7.11 Å². The highest BCUT2D eigenvalue weighted by molar-refractivity contribution is 6.08. The zero-order chi connectivity index (χ0) is 17.1. The van der Waals surface area contributed by atoms with Gasteiger partial charge in [0.25, 0.3) is 5.91 Å². The Balaban J connectivity index is 1.92. The van der Waals surface area contributed by atoms with Crippen molar-refractivity contribution in [3.63, 3.8) is 0 Å². The summed E-state index contributed by atoms with van der Waals surface area (Å²) in [6.07, 6.45) is 0. The van der Waals surface area contributed by atoms with Crippen molar-refractivity contribution in [2.75, 3.05) is 12.4 Å². The van der Waals surface area contributed by atoms with E-state index in [4.69, 9.17) is 9.26 Å². The first-order chi connectivity index (χ1) is 11.6. The highest BCUT2D eigenvalue weighted by Gasteiger charge is 2.21. The molecular formula is C18H15FN2O3. The fourth-order valence-electron chi connectivity index (χ4n) is 2.34. The lowest BCUT2D eigenvalue weighted by atomic mass is 10.1. The van der Waals surface area contributed by atoms with E-state index in [-0.39, 0.29) is 11.7 Å². The molecule has 0 saturated heterocycles. The molecule has 3 rings (SSSR count). The summed E-state index contributed by atoms with van der Waals surface area (Å²) in [5.74, 6) is 0.297. The van der Waals surface area contributed by atoms with Crippen molar-refractivity contribution in [1.29, 1.82) is 0 Å². The molecule has 5 nitrogen and oxygen atoms in total. The van der Waals surface area contributed by atoms with Crippen LogP contribution in [0.4, 0.5) is 10.1 Å². The number of nitrogens with zero attached hydrogens (tertiary/aromatic N) is 1. The van der Waals surface area contributed by atoms with Gasteiger partial charge in [-0.25, -0.2) is 4.39 Å². The van der Waals surface area contributed by atoms with Crippen LogP contribution in [0.15, 0.2) is 53.1 Å². The molecule has 3 aromatic rings. The van der Waals surface area contributed by atoms with E-state index in [1.54, 1.807) is 50.4 Å². The van der Waals surface area contributed by atoms with Crippen LogP contribution in [0.25, 0.3) is 11.3 Å². The molecule has 0 aliphatic rings. The number of anilines is 1. The van der Waals surface area contributed by atoms with E-state index >= 15 is 0 Å². The number of ether oxygens (including phenoxy) is 1. The minimum Gasteiger partial charge on any atom is -0.497 e. The molecule has 0 fully saturated rings. The van der Waals surface area contributed by atoms with Crippen molar-refractivity contribution in [3.05, 3.63) is 65.7 Å². The smallest absolute Gasteiger partial charge is 0.261 e. The maximum absolute atomic E-state index is 13.1. The minimum absolute atomic E-state index is 0.310. The summed E-state index contributed by atoms with van der Waals surface area (Å²) in [5, 5.41) is 6.72. The average Bonchev–Trinajstić information content (AvgIpc) is 2.97. The predicted molar refractivity (Wildman–Crippen MR) is 87.6 cm³/mol. The Morgan fingerprint density at radius 3 is 2.67 bits per heavy atom. The van der Waals surface area contributed by atoms with Gasteiger partial charge in [0.1, 0.15) is 28.6 Å². The van der Waals surface area contributed by atoms with Crippen LogP contribution in [-0.2, 0) is 0 Å². The molecule has 0 aliphatic carbocycles. The number of carbonyl (C=O) groups is 1. The molecule has 1 heterocycles. The maximum Gasteiger partial charge on any atom is 0.261 e. The second-order valence-electron chi connectivity index (χ2n) is 5.16. The Bertz CT molecular complexity index is 872. The summed E-state index contributed by atoms with van der Waals surface area (Å²) in [4.78, 5) is 12.6. The molecule has 0 radical (unpaired) electrons. The van der Waals surface area contributed by atoms with Gasteiger partial charge in [0, 0.05) is 17.3 Å². The molecule has 1 amide bonds. The first-order valence-electron chi connectivity index (χ1n) is 7.26. The van der Waals surface area contributed by atoms with Crippen molar-refractivity contribution in [2.24, 2.45) is 0 Å². The Morgan fingerprint density at radius 1 is 1.21 bits per heavy atom. The van der Waals surface area contributed by atoms with Gasteiger partial charge in [-0.1, -0.05) is 11.2 Å². The van der Waals surface area contributed by atoms with Crippen LogP contribution in [0.3, 0.4) is 0 Å². The lowest BCUT2D eigenvalue weighted by molar-refractivity contribution is 0.102. The van der Waals surface area contributed by atoms with E-state index in [0.717, 1.165) is 0 Å². The molecule has 24 heavy (non-hydrogen) atoms. The molecule has 0 bridgehead atoms. The van der Waals surface area contributed by atoms with Gasteiger partial charge < -0.3 is 14.6 Å². The van der Waals surface area contributed by atoms with E-state index < -0.39 is 0 Å². The van der Waals surface area contributed by atoms with E-state index in [1.165, 1.54) is 12.1 Å².